The van der Waals surface area contributed by atoms with Gasteiger partial charge in [0.05, 0.1) is 0 Å². The SMILES string of the molecule is O=C(Nc1ccc2[nH]ccc2c1)C1CCOCC1. The summed E-state index contributed by atoms with van der Waals surface area (Å²) < 4.78 is 5.26. The molecule has 0 unspecified atom stereocenters. The Labute approximate surface area is 105 Å². The van der Waals surface area contributed by atoms with E-state index in [0.29, 0.717) is 13.2 Å². The third-order valence-electron chi connectivity index (χ3n) is 3.41. The smallest absolute Gasteiger partial charge is 0.227 e. The van der Waals surface area contributed by atoms with E-state index in [9.17, 15) is 4.79 Å². The number of benzene rings is 1. The molecule has 0 bridgehead atoms. The van der Waals surface area contributed by atoms with E-state index in [2.05, 4.69) is 10.3 Å². The third-order valence-corrected chi connectivity index (χ3v) is 3.41. The highest BCUT2D eigenvalue weighted by Gasteiger charge is 2.21. The number of hydrogen-bond donors (Lipinski definition) is 2. The van der Waals surface area contributed by atoms with Gasteiger partial charge in [-0.2, -0.15) is 0 Å². The van der Waals surface area contributed by atoms with E-state index in [1.807, 2.05) is 30.5 Å². The van der Waals surface area contributed by atoms with Crippen molar-refractivity contribution in [3.05, 3.63) is 30.5 Å². The van der Waals surface area contributed by atoms with Gasteiger partial charge in [-0.1, -0.05) is 0 Å². The molecule has 2 aromatic rings. The Hall–Kier alpha value is -1.81. The topological polar surface area (TPSA) is 54.1 Å². The van der Waals surface area contributed by atoms with Crippen LogP contribution in [0.5, 0.6) is 0 Å². The van der Waals surface area contributed by atoms with E-state index in [1.54, 1.807) is 0 Å². The number of anilines is 1. The summed E-state index contributed by atoms with van der Waals surface area (Å²) in [7, 11) is 0. The van der Waals surface area contributed by atoms with E-state index >= 15 is 0 Å². The molecular formula is C14H16N2O2. The molecule has 1 amide bonds. The molecule has 1 saturated heterocycles. The summed E-state index contributed by atoms with van der Waals surface area (Å²) in [6, 6.07) is 7.90. The lowest BCUT2D eigenvalue weighted by molar-refractivity contribution is -0.122. The molecule has 0 spiro atoms. The molecule has 2 N–H and O–H groups in total. The highest BCUT2D eigenvalue weighted by atomic mass is 16.5. The average Bonchev–Trinajstić information content (AvgIpc) is 2.87. The van der Waals surface area contributed by atoms with Crippen LogP contribution in [0.15, 0.2) is 30.5 Å². The summed E-state index contributed by atoms with van der Waals surface area (Å²) >= 11 is 0. The number of aromatic amines is 1. The largest absolute Gasteiger partial charge is 0.381 e. The monoisotopic (exact) mass is 244 g/mol. The molecule has 0 aliphatic carbocycles. The molecule has 4 heteroatoms. The normalized spacial score (nSPS) is 16.9. The number of carbonyl (C=O) groups excluding carboxylic acids is 1. The van der Waals surface area contributed by atoms with Crippen LogP contribution in [0, 0.1) is 5.92 Å². The van der Waals surface area contributed by atoms with Crippen LogP contribution >= 0.6 is 0 Å². The second kappa shape index (κ2) is 4.82. The number of amides is 1. The Kier molecular flexibility index (Phi) is 3.02. The predicted molar refractivity (Wildman–Crippen MR) is 70.5 cm³/mol. The molecule has 1 aliphatic rings. The molecule has 0 atom stereocenters. The maximum Gasteiger partial charge on any atom is 0.227 e. The third kappa shape index (κ3) is 2.24. The van der Waals surface area contributed by atoms with Gasteiger partial charge < -0.3 is 15.0 Å². The molecule has 1 fully saturated rings. The first-order chi connectivity index (χ1) is 8.83. The van der Waals surface area contributed by atoms with E-state index in [4.69, 9.17) is 4.74 Å². The van der Waals surface area contributed by atoms with Crippen LogP contribution < -0.4 is 5.32 Å². The molecule has 0 saturated carbocycles. The number of hydrogen-bond acceptors (Lipinski definition) is 2. The van der Waals surface area contributed by atoms with Crippen LogP contribution in [-0.2, 0) is 9.53 Å². The van der Waals surface area contributed by atoms with Gasteiger partial charge >= 0.3 is 0 Å². The Morgan fingerprint density at radius 3 is 2.94 bits per heavy atom. The first kappa shape index (κ1) is 11.3. The van der Waals surface area contributed by atoms with Crippen molar-refractivity contribution in [2.75, 3.05) is 18.5 Å². The van der Waals surface area contributed by atoms with E-state index < -0.39 is 0 Å². The standard InChI is InChI=1S/C14H16N2O2/c17-14(10-4-7-18-8-5-10)16-12-1-2-13-11(9-12)3-6-15-13/h1-3,6,9-10,15H,4-5,7-8H2,(H,16,17). The summed E-state index contributed by atoms with van der Waals surface area (Å²) in [5.41, 5.74) is 1.94. The molecule has 18 heavy (non-hydrogen) atoms. The molecule has 4 nitrogen and oxygen atoms in total. The van der Waals surface area contributed by atoms with Gasteiger partial charge in [-0.25, -0.2) is 0 Å². The van der Waals surface area contributed by atoms with Crippen molar-refractivity contribution in [1.82, 2.24) is 4.98 Å². The summed E-state index contributed by atoms with van der Waals surface area (Å²) in [5.74, 6) is 0.189. The van der Waals surface area contributed by atoms with Crippen molar-refractivity contribution in [2.24, 2.45) is 5.92 Å². The minimum absolute atomic E-state index is 0.0840. The van der Waals surface area contributed by atoms with Crippen LogP contribution in [0.1, 0.15) is 12.8 Å². The van der Waals surface area contributed by atoms with Crippen LogP contribution in [0.25, 0.3) is 10.9 Å². The summed E-state index contributed by atoms with van der Waals surface area (Å²) in [6.07, 6.45) is 3.53. The van der Waals surface area contributed by atoms with Crippen LogP contribution in [0.4, 0.5) is 5.69 Å². The average molecular weight is 244 g/mol. The first-order valence-corrected chi connectivity index (χ1v) is 6.29. The van der Waals surface area contributed by atoms with E-state index in [0.717, 1.165) is 29.4 Å². The predicted octanol–water partition coefficient (Wildman–Crippen LogP) is 2.53. The van der Waals surface area contributed by atoms with Gasteiger partial charge in [0.1, 0.15) is 0 Å². The van der Waals surface area contributed by atoms with Crippen LogP contribution in [-0.4, -0.2) is 24.1 Å². The Bertz CT molecular complexity index is 556. The molecular weight excluding hydrogens is 228 g/mol. The first-order valence-electron chi connectivity index (χ1n) is 6.29. The number of ether oxygens (including phenoxy) is 1. The minimum Gasteiger partial charge on any atom is -0.381 e. The van der Waals surface area contributed by atoms with Crippen molar-refractivity contribution in [2.45, 2.75) is 12.8 Å². The van der Waals surface area contributed by atoms with Crippen molar-refractivity contribution < 1.29 is 9.53 Å². The Morgan fingerprint density at radius 1 is 1.28 bits per heavy atom. The molecule has 1 aromatic carbocycles. The molecule has 1 aromatic heterocycles. The lowest BCUT2D eigenvalue weighted by Crippen LogP contribution is -2.28. The molecule has 94 valence electrons. The van der Waals surface area contributed by atoms with Gasteiger partial charge in [0.2, 0.25) is 5.91 Å². The van der Waals surface area contributed by atoms with Gasteiger partial charge in [-0.15, -0.1) is 0 Å². The number of fused-ring (bicyclic) bond motifs is 1. The number of aromatic nitrogens is 1. The molecule has 3 rings (SSSR count). The highest BCUT2D eigenvalue weighted by Crippen LogP contribution is 2.20. The fourth-order valence-electron chi connectivity index (χ4n) is 2.34. The van der Waals surface area contributed by atoms with Crippen LogP contribution in [0.3, 0.4) is 0 Å². The zero-order chi connectivity index (χ0) is 12.4. The second-order valence-electron chi connectivity index (χ2n) is 4.66. The van der Waals surface area contributed by atoms with Crippen LogP contribution in [0.2, 0.25) is 0 Å². The zero-order valence-electron chi connectivity index (χ0n) is 10.1. The molecule has 2 heterocycles. The minimum atomic E-state index is 0.0840. The second-order valence-corrected chi connectivity index (χ2v) is 4.66. The lowest BCUT2D eigenvalue weighted by Gasteiger charge is -2.21. The van der Waals surface area contributed by atoms with Crippen molar-refractivity contribution in [3.8, 4) is 0 Å². The van der Waals surface area contributed by atoms with Gasteiger partial charge in [-0.3, -0.25) is 4.79 Å². The van der Waals surface area contributed by atoms with Gasteiger partial charge in [-0.05, 0) is 37.1 Å². The Morgan fingerprint density at radius 2 is 2.11 bits per heavy atom. The fraction of sp³-hybridized carbons (Fsp3) is 0.357. The molecule has 0 radical (unpaired) electrons. The number of rotatable bonds is 2. The van der Waals surface area contributed by atoms with E-state index in [1.165, 1.54) is 0 Å². The maximum absolute atomic E-state index is 12.1. The highest BCUT2D eigenvalue weighted by molar-refractivity contribution is 5.95. The van der Waals surface area contributed by atoms with Gasteiger partial charge in [0, 0.05) is 41.9 Å². The summed E-state index contributed by atoms with van der Waals surface area (Å²) in [6.45, 7) is 1.38. The van der Waals surface area contributed by atoms with E-state index in [-0.39, 0.29) is 11.8 Å². The van der Waals surface area contributed by atoms with Crippen molar-refractivity contribution in [1.29, 1.82) is 0 Å². The van der Waals surface area contributed by atoms with Crippen molar-refractivity contribution in [3.63, 3.8) is 0 Å². The number of carbonyl (C=O) groups is 1. The number of H-pyrrole nitrogens is 1. The quantitative estimate of drug-likeness (QED) is 0.853. The maximum atomic E-state index is 12.1. The zero-order valence-corrected chi connectivity index (χ0v) is 10.1. The molecule has 1 aliphatic heterocycles. The van der Waals surface area contributed by atoms with Gasteiger partial charge in [0.15, 0.2) is 0 Å². The Balaban J connectivity index is 1.72. The number of nitrogens with one attached hydrogen (secondary N) is 2. The summed E-state index contributed by atoms with van der Waals surface area (Å²) in [4.78, 5) is 15.2. The van der Waals surface area contributed by atoms with Crippen molar-refractivity contribution >= 4 is 22.5 Å². The summed E-state index contributed by atoms with van der Waals surface area (Å²) in [5, 5.41) is 4.10. The van der Waals surface area contributed by atoms with Gasteiger partial charge in [0.25, 0.3) is 0 Å². The fourth-order valence-corrected chi connectivity index (χ4v) is 2.34. The lowest BCUT2D eigenvalue weighted by atomic mass is 9.99.